The summed E-state index contributed by atoms with van der Waals surface area (Å²) in [5, 5.41) is 34.9. The van der Waals surface area contributed by atoms with Gasteiger partial charge in [0, 0.05) is 29.8 Å². The van der Waals surface area contributed by atoms with Crippen molar-refractivity contribution in [3.63, 3.8) is 0 Å². The Balaban J connectivity index is 1.83. The van der Waals surface area contributed by atoms with Crippen LogP contribution in [0.3, 0.4) is 0 Å². The van der Waals surface area contributed by atoms with E-state index in [1.165, 1.54) is 15.9 Å². The topological polar surface area (TPSA) is 165 Å². The molecule has 0 aromatic carbocycles. The Hall–Kier alpha value is -2.41. The number of sulfonamides is 1. The third kappa shape index (κ3) is 4.82. The molecule has 0 saturated carbocycles. The summed E-state index contributed by atoms with van der Waals surface area (Å²) in [6.07, 6.45) is 2.74. The maximum Gasteiger partial charge on any atom is 0.269 e. The van der Waals surface area contributed by atoms with Crippen LogP contribution in [0.1, 0.15) is 45.4 Å². The number of aromatic hydroxyl groups is 1. The summed E-state index contributed by atoms with van der Waals surface area (Å²) in [6.45, 7) is 5.88. The number of aliphatic hydroxyl groups excluding tert-OH is 1. The van der Waals surface area contributed by atoms with Gasteiger partial charge in [0.25, 0.3) is 15.9 Å². The van der Waals surface area contributed by atoms with Crippen LogP contribution in [-0.4, -0.2) is 53.8 Å². The largest absolute Gasteiger partial charge is 0.502 e. The van der Waals surface area contributed by atoms with Gasteiger partial charge in [-0.3, -0.25) is 5.73 Å². The zero-order valence-corrected chi connectivity index (χ0v) is 19.8. The quantitative estimate of drug-likeness (QED) is 0.296. The molecule has 0 spiro atoms. The Labute approximate surface area is 191 Å². The second kappa shape index (κ2) is 9.22. The molecular weight excluding hydrogens is 454 g/mol. The molecule has 1 aliphatic heterocycles. The maximum absolute atomic E-state index is 13.0. The molecule has 2 atom stereocenters. The number of nitrogens with zero attached hydrogens (tertiary/aromatic N) is 2. The summed E-state index contributed by atoms with van der Waals surface area (Å²) >= 11 is 0.833. The highest BCUT2D eigenvalue weighted by Gasteiger charge is 2.38. The lowest BCUT2D eigenvalue weighted by Crippen LogP contribution is -2.72. The fourth-order valence-corrected chi connectivity index (χ4v) is 6.65. The van der Waals surface area contributed by atoms with E-state index in [2.05, 4.69) is 10.3 Å². The molecule has 12 heteroatoms. The van der Waals surface area contributed by atoms with Crippen LogP contribution in [0, 0.1) is 5.41 Å². The third-order valence-electron chi connectivity index (χ3n) is 5.31. The third-order valence-corrected chi connectivity index (χ3v) is 8.75. The molecule has 1 fully saturated rings. The van der Waals surface area contributed by atoms with E-state index in [0.717, 1.165) is 11.3 Å². The van der Waals surface area contributed by atoms with Gasteiger partial charge in [-0.15, -0.1) is 11.3 Å². The van der Waals surface area contributed by atoms with Crippen molar-refractivity contribution in [1.82, 2.24) is 9.62 Å². The molecule has 32 heavy (non-hydrogen) atoms. The monoisotopic (exact) mass is 483 g/mol. The first-order valence-electron chi connectivity index (χ1n) is 10.2. The molecule has 6 N–H and O–H groups in total. The number of thiophene rings is 1. The lowest BCUT2D eigenvalue weighted by molar-refractivity contribution is -0.353. The molecule has 0 radical (unpaired) electrons. The molecule has 1 unspecified atom stereocenters. The Bertz CT molecular complexity index is 1090. The van der Waals surface area contributed by atoms with E-state index in [1.807, 2.05) is 20.8 Å². The van der Waals surface area contributed by atoms with Crippen molar-refractivity contribution in [2.75, 3.05) is 13.2 Å². The predicted molar refractivity (Wildman–Crippen MR) is 122 cm³/mol. The van der Waals surface area contributed by atoms with E-state index in [-0.39, 0.29) is 40.1 Å². The van der Waals surface area contributed by atoms with Crippen LogP contribution in [0.25, 0.3) is 5.41 Å². The minimum absolute atomic E-state index is 0.0458. The van der Waals surface area contributed by atoms with Gasteiger partial charge >= 0.3 is 0 Å². The molecule has 2 aromatic heterocycles. The molecular formula is C20H29N5O5S2. The zero-order chi connectivity index (χ0) is 23.7. The summed E-state index contributed by atoms with van der Waals surface area (Å²) in [7, 11) is -3.98. The van der Waals surface area contributed by atoms with Gasteiger partial charge in [-0.25, -0.2) is 13.4 Å². The standard InChI is InChI=1S/C20H28N5O5S2/c1-20(2,3)16(14-7-5-9-30-14)24-18(22)17(21)23-13-11-31-19(15(13)27)32(28,29)25-8-4-6-12(25)10-26/h5,7,9,11-12,16,26H,4,6,8,10H2,1-3H3,(H4-,21,22,23,24,27)/q-1/p+1/t12?,16-/m0/s1. The van der Waals surface area contributed by atoms with Crippen molar-refractivity contribution < 1.29 is 28.0 Å². The highest BCUT2D eigenvalue weighted by molar-refractivity contribution is 7.91. The van der Waals surface area contributed by atoms with Gasteiger partial charge in [0.1, 0.15) is 5.76 Å². The van der Waals surface area contributed by atoms with E-state index in [1.54, 1.807) is 12.1 Å². The van der Waals surface area contributed by atoms with Crippen LogP contribution < -0.4 is 16.0 Å². The zero-order valence-electron chi connectivity index (χ0n) is 18.2. The lowest BCUT2D eigenvalue weighted by Gasteiger charge is -2.35. The first-order chi connectivity index (χ1) is 15.0. The first kappa shape index (κ1) is 24.2. The van der Waals surface area contributed by atoms with E-state index in [0.29, 0.717) is 18.6 Å². The van der Waals surface area contributed by atoms with Crippen molar-refractivity contribution in [1.29, 1.82) is 0 Å². The van der Waals surface area contributed by atoms with E-state index in [4.69, 9.17) is 10.2 Å². The Morgan fingerprint density at radius 3 is 2.81 bits per heavy atom. The van der Waals surface area contributed by atoms with Crippen LogP contribution in [-0.2, 0) is 10.0 Å². The highest BCUT2D eigenvalue weighted by atomic mass is 32.2. The number of amidine groups is 2. The van der Waals surface area contributed by atoms with Gasteiger partial charge in [0.05, 0.1) is 12.9 Å². The van der Waals surface area contributed by atoms with Gasteiger partial charge in [-0.1, -0.05) is 20.8 Å². The number of nitrogens with one attached hydrogen (secondary N) is 2. The van der Waals surface area contributed by atoms with E-state index in [9.17, 15) is 24.0 Å². The van der Waals surface area contributed by atoms with Crippen LogP contribution in [0.4, 0.5) is 5.69 Å². The fraction of sp³-hybridized carbons (Fsp3) is 0.500. The molecule has 176 valence electrons. The minimum atomic E-state index is -3.98. The minimum Gasteiger partial charge on any atom is -0.502 e. The summed E-state index contributed by atoms with van der Waals surface area (Å²) in [4.78, 5) is 2.66. The molecule has 3 rings (SSSR count). The molecule has 10 nitrogen and oxygen atoms in total. The second-order valence-electron chi connectivity index (χ2n) is 8.73. The number of rotatable bonds is 6. The molecule has 2 aromatic rings. The fourth-order valence-electron chi connectivity index (χ4n) is 3.61. The number of hydrogen-bond donors (Lipinski definition) is 5. The van der Waals surface area contributed by atoms with Crippen LogP contribution in [0.5, 0.6) is 5.75 Å². The van der Waals surface area contributed by atoms with Crippen molar-refractivity contribution in [2.45, 2.75) is 49.9 Å². The number of hydrogen-bond acceptors (Lipinski definition) is 6. The molecule has 3 heterocycles. The molecule has 0 aliphatic carbocycles. The van der Waals surface area contributed by atoms with Gasteiger partial charge in [-0.2, -0.15) is 4.31 Å². The van der Waals surface area contributed by atoms with Crippen LogP contribution in [0.15, 0.2) is 32.4 Å². The van der Waals surface area contributed by atoms with Gasteiger partial charge in [0.15, 0.2) is 15.6 Å². The van der Waals surface area contributed by atoms with Crippen LogP contribution in [0.2, 0.25) is 0 Å². The second-order valence-corrected chi connectivity index (χ2v) is 11.7. The smallest absolute Gasteiger partial charge is 0.269 e. The Kier molecular flexibility index (Phi) is 6.98. The summed E-state index contributed by atoms with van der Waals surface area (Å²) in [5.41, 5.74) is 5.68. The number of furan rings is 1. The first-order valence-corrected chi connectivity index (χ1v) is 12.5. The Morgan fingerprint density at radius 1 is 1.50 bits per heavy atom. The van der Waals surface area contributed by atoms with Gasteiger partial charge in [-0.05, 0) is 30.4 Å². The van der Waals surface area contributed by atoms with Crippen molar-refractivity contribution in [3.05, 3.63) is 34.9 Å². The maximum atomic E-state index is 13.0. The molecule has 1 aliphatic rings. The average Bonchev–Trinajstić information content (AvgIpc) is 3.46. The Morgan fingerprint density at radius 2 is 2.22 bits per heavy atom. The van der Waals surface area contributed by atoms with Crippen molar-refractivity contribution in [3.8, 4) is 5.75 Å². The summed E-state index contributed by atoms with van der Waals surface area (Å²) in [6, 6.07) is 2.60. The van der Waals surface area contributed by atoms with Crippen LogP contribution >= 0.6 is 11.3 Å². The summed E-state index contributed by atoms with van der Waals surface area (Å²) < 4.78 is 32.4. The summed E-state index contributed by atoms with van der Waals surface area (Å²) in [5.74, 6) is -0.464. The number of nitrogens with two attached hydrogens (primary N) is 1. The average molecular weight is 484 g/mol. The van der Waals surface area contributed by atoms with E-state index < -0.39 is 27.9 Å². The normalized spacial score (nSPS) is 19.2. The lowest BCUT2D eigenvalue weighted by atomic mass is 9.85. The number of aliphatic hydroxyl groups is 1. The molecule has 1 saturated heterocycles. The van der Waals surface area contributed by atoms with E-state index >= 15 is 0 Å². The van der Waals surface area contributed by atoms with Gasteiger partial charge < -0.3 is 25.4 Å². The highest BCUT2D eigenvalue weighted by Crippen LogP contribution is 2.38. The molecule has 0 bridgehead atoms. The molecule has 0 amide bonds. The van der Waals surface area contributed by atoms with Crippen molar-refractivity contribution in [2.24, 2.45) is 11.1 Å². The van der Waals surface area contributed by atoms with Gasteiger partial charge in [0.2, 0.25) is 0 Å². The van der Waals surface area contributed by atoms with Crippen molar-refractivity contribution >= 4 is 38.7 Å². The predicted octanol–water partition coefficient (Wildman–Crippen LogP) is 0.606. The SMILES string of the molecule is CC(C)(C)[C@@H](NC(=[N-])C(N)=[NH+]c1csc(S(=O)(=O)N2CCCC2CO)c1O)c1ccco1.